The van der Waals surface area contributed by atoms with E-state index < -0.39 is 0 Å². The predicted molar refractivity (Wildman–Crippen MR) is 50.6 cm³/mol. The van der Waals surface area contributed by atoms with Gasteiger partial charge in [-0.25, -0.2) is 0 Å². The van der Waals surface area contributed by atoms with Crippen molar-refractivity contribution in [2.24, 2.45) is 5.92 Å². The van der Waals surface area contributed by atoms with Gasteiger partial charge in [-0.15, -0.1) is 0 Å². The number of hydrogen-bond donors (Lipinski definition) is 0. The number of carbonyl (C=O) groups excluding carboxylic acids is 1. The van der Waals surface area contributed by atoms with Crippen LogP contribution in [0, 0.1) is 12.3 Å². The number of carbonyl (C=O) groups is 1. The maximum Gasteiger partial charge on any atom is 0.124 e. The van der Waals surface area contributed by atoms with E-state index in [2.05, 4.69) is 32.4 Å². The van der Waals surface area contributed by atoms with Crippen LogP contribution < -0.4 is 0 Å². The molecule has 1 nitrogen and oxygen atoms in total. The zero-order chi connectivity index (χ0) is 8.97. The van der Waals surface area contributed by atoms with E-state index in [1.165, 1.54) is 5.57 Å². The van der Waals surface area contributed by atoms with Gasteiger partial charge in [0.2, 0.25) is 0 Å². The first-order valence-electron chi connectivity index (χ1n) is 4.46. The summed E-state index contributed by atoms with van der Waals surface area (Å²) in [4.78, 5) is 10.3. The Labute approximate surface area is 74.2 Å². The Bertz CT molecular complexity index is 223. The Hall–Kier alpha value is -0.850. The van der Waals surface area contributed by atoms with Crippen molar-refractivity contribution in [3.05, 3.63) is 29.7 Å². The molecule has 0 amide bonds. The van der Waals surface area contributed by atoms with Gasteiger partial charge < -0.3 is 4.79 Å². The topological polar surface area (TPSA) is 17.1 Å². The number of allylic oxidation sites excluding steroid dienone is 4. The van der Waals surface area contributed by atoms with Crippen molar-refractivity contribution in [3.8, 4) is 0 Å². The van der Waals surface area contributed by atoms with Gasteiger partial charge in [0.05, 0.1) is 0 Å². The molecule has 0 saturated carbocycles. The van der Waals surface area contributed by atoms with Crippen molar-refractivity contribution in [3.63, 3.8) is 0 Å². The highest BCUT2D eigenvalue weighted by Gasteiger charge is 2.09. The van der Waals surface area contributed by atoms with E-state index in [0.29, 0.717) is 12.3 Å². The molecule has 0 aliphatic heterocycles. The van der Waals surface area contributed by atoms with Gasteiger partial charge in [-0.1, -0.05) is 31.6 Å². The summed E-state index contributed by atoms with van der Waals surface area (Å²) in [5.74, 6) is 0.486. The lowest BCUT2D eigenvalue weighted by Crippen LogP contribution is -2.02. The first-order valence-corrected chi connectivity index (χ1v) is 4.46. The smallest absolute Gasteiger partial charge is 0.124 e. The van der Waals surface area contributed by atoms with Crippen molar-refractivity contribution >= 4 is 6.29 Å². The molecule has 0 spiro atoms. The summed E-state index contributed by atoms with van der Waals surface area (Å²) in [6.45, 7) is 4.28. The highest BCUT2D eigenvalue weighted by molar-refractivity contribution is 5.57. The largest absolute Gasteiger partial charge is 0.303 e. The van der Waals surface area contributed by atoms with E-state index in [4.69, 9.17) is 0 Å². The van der Waals surface area contributed by atoms with Crippen LogP contribution in [0.15, 0.2) is 23.3 Å². The van der Waals surface area contributed by atoms with Gasteiger partial charge in [-0.2, -0.15) is 0 Å². The number of aldehydes is 1. The summed E-state index contributed by atoms with van der Waals surface area (Å²) in [6, 6.07) is 0. The molecular weight excluding hydrogens is 148 g/mol. The predicted octanol–water partition coefficient (Wildman–Crippen LogP) is 2.69. The fourth-order valence-electron chi connectivity index (χ4n) is 1.50. The molecule has 12 heavy (non-hydrogen) atoms. The number of rotatable bonds is 3. The van der Waals surface area contributed by atoms with Crippen molar-refractivity contribution in [1.29, 1.82) is 0 Å². The van der Waals surface area contributed by atoms with E-state index in [1.807, 2.05) is 0 Å². The highest BCUT2D eigenvalue weighted by Crippen LogP contribution is 2.24. The summed E-state index contributed by atoms with van der Waals surface area (Å²) >= 11 is 0. The van der Waals surface area contributed by atoms with E-state index in [-0.39, 0.29) is 0 Å². The molecule has 65 valence electrons. The van der Waals surface area contributed by atoms with E-state index in [9.17, 15) is 4.79 Å². The fraction of sp³-hybridized carbons (Fsp3) is 0.455. The zero-order valence-electron chi connectivity index (χ0n) is 7.71. The van der Waals surface area contributed by atoms with Gasteiger partial charge in [0, 0.05) is 6.42 Å². The summed E-state index contributed by atoms with van der Waals surface area (Å²) < 4.78 is 0. The Morgan fingerprint density at radius 3 is 2.83 bits per heavy atom. The third kappa shape index (κ3) is 2.33. The minimum absolute atomic E-state index is 0.486. The van der Waals surface area contributed by atoms with Gasteiger partial charge in [0.25, 0.3) is 0 Å². The Kier molecular flexibility index (Phi) is 3.27. The quantitative estimate of drug-likeness (QED) is 0.584. The molecule has 1 atom stereocenters. The van der Waals surface area contributed by atoms with Gasteiger partial charge >= 0.3 is 0 Å². The monoisotopic (exact) mass is 163 g/mol. The average molecular weight is 163 g/mol. The third-order valence-electron chi connectivity index (χ3n) is 2.05. The molecule has 1 aliphatic carbocycles. The zero-order valence-corrected chi connectivity index (χ0v) is 7.71. The molecule has 0 aromatic carbocycles. The van der Waals surface area contributed by atoms with Crippen molar-refractivity contribution in [2.75, 3.05) is 0 Å². The molecule has 0 aromatic heterocycles. The minimum Gasteiger partial charge on any atom is -0.303 e. The molecule has 0 heterocycles. The van der Waals surface area contributed by atoms with Crippen molar-refractivity contribution < 1.29 is 4.79 Å². The summed E-state index contributed by atoms with van der Waals surface area (Å²) in [6.07, 6.45) is 9.09. The van der Waals surface area contributed by atoms with Crippen LogP contribution in [0.5, 0.6) is 0 Å². The SMILES string of the molecule is CCC1=CC(CC=O)=CC(C)[CH]1. The van der Waals surface area contributed by atoms with Gasteiger partial charge in [0.15, 0.2) is 0 Å². The normalized spacial score (nSPS) is 23.0. The molecule has 1 radical (unpaired) electrons. The van der Waals surface area contributed by atoms with Gasteiger partial charge in [-0.05, 0) is 24.3 Å². The molecule has 1 rings (SSSR count). The Balaban J connectivity index is 2.71. The summed E-state index contributed by atoms with van der Waals surface area (Å²) in [5.41, 5.74) is 2.51. The molecular formula is C11H15O. The molecule has 1 heteroatoms. The van der Waals surface area contributed by atoms with Crippen LogP contribution in [0.1, 0.15) is 26.7 Å². The molecule has 0 aromatic rings. The number of hydrogen-bond acceptors (Lipinski definition) is 1. The standard InChI is InChI=1S/C11H15O/c1-3-10-6-9(2)7-11(8-10)4-5-12/h5-9H,3-4H2,1-2H3. The lowest BCUT2D eigenvalue weighted by atomic mass is 9.89. The second-order valence-electron chi connectivity index (χ2n) is 3.21. The van der Waals surface area contributed by atoms with Crippen molar-refractivity contribution in [1.82, 2.24) is 0 Å². The van der Waals surface area contributed by atoms with E-state index in [0.717, 1.165) is 18.3 Å². The second kappa shape index (κ2) is 4.24. The van der Waals surface area contributed by atoms with Gasteiger partial charge in [0.1, 0.15) is 6.29 Å². The lowest BCUT2D eigenvalue weighted by molar-refractivity contribution is -0.107. The van der Waals surface area contributed by atoms with Crippen LogP contribution in [-0.2, 0) is 4.79 Å². The van der Waals surface area contributed by atoms with Crippen LogP contribution in [-0.4, -0.2) is 6.29 Å². The molecule has 1 unspecified atom stereocenters. The van der Waals surface area contributed by atoms with Crippen LogP contribution in [0.3, 0.4) is 0 Å². The van der Waals surface area contributed by atoms with Crippen molar-refractivity contribution in [2.45, 2.75) is 26.7 Å². The molecule has 0 fully saturated rings. The molecule has 0 bridgehead atoms. The molecule has 0 N–H and O–H groups in total. The van der Waals surface area contributed by atoms with E-state index >= 15 is 0 Å². The first kappa shape index (κ1) is 9.24. The summed E-state index contributed by atoms with van der Waals surface area (Å²) in [5, 5.41) is 0. The second-order valence-corrected chi connectivity index (χ2v) is 3.21. The van der Waals surface area contributed by atoms with Crippen LogP contribution in [0.4, 0.5) is 0 Å². The summed E-state index contributed by atoms with van der Waals surface area (Å²) in [7, 11) is 0. The minimum atomic E-state index is 0.486. The Morgan fingerprint density at radius 1 is 1.50 bits per heavy atom. The third-order valence-corrected chi connectivity index (χ3v) is 2.05. The lowest BCUT2D eigenvalue weighted by Gasteiger charge is -2.16. The molecule has 1 aliphatic rings. The van der Waals surface area contributed by atoms with Crippen LogP contribution in [0.2, 0.25) is 0 Å². The van der Waals surface area contributed by atoms with E-state index in [1.54, 1.807) is 0 Å². The molecule has 0 saturated heterocycles. The van der Waals surface area contributed by atoms with Crippen LogP contribution in [0.25, 0.3) is 0 Å². The highest BCUT2D eigenvalue weighted by atomic mass is 16.1. The van der Waals surface area contributed by atoms with Gasteiger partial charge in [-0.3, -0.25) is 0 Å². The Morgan fingerprint density at radius 2 is 2.25 bits per heavy atom. The first-order chi connectivity index (χ1) is 5.76. The van der Waals surface area contributed by atoms with Crippen LogP contribution >= 0.6 is 0 Å². The maximum atomic E-state index is 10.3. The fourth-order valence-corrected chi connectivity index (χ4v) is 1.50. The average Bonchev–Trinajstić information content (AvgIpc) is 2.04. The maximum absolute atomic E-state index is 10.3.